The molecule has 6 nitrogen and oxygen atoms in total. The first-order valence-corrected chi connectivity index (χ1v) is 5.60. The maximum atomic E-state index is 11.3. The highest BCUT2D eigenvalue weighted by molar-refractivity contribution is 7.90. The second-order valence-corrected chi connectivity index (χ2v) is 4.61. The maximum Gasteiger partial charge on any atom is 0.195 e. The summed E-state index contributed by atoms with van der Waals surface area (Å²) in [6, 6.07) is 0. The summed E-state index contributed by atoms with van der Waals surface area (Å²) in [5.41, 5.74) is 0.487. The van der Waals surface area contributed by atoms with Crippen LogP contribution in [-0.4, -0.2) is 34.6 Å². The van der Waals surface area contributed by atoms with Gasteiger partial charge in [0.2, 0.25) is 0 Å². The molecule has 0 aromatic carbocycles. The van der Waals surface area contributed by atoms with Crippen LogP contribution in [-0.2, 0) is 9.84 Å². The fraction of sp³-hybridized carbons (Fsp3) is 0.143. The third-order valence-corrected chi connectivity index (χ3v) is 2.59. The number of hydrogen-bond acceptors (Lipinski definition) is 6. The summed E-state index contributed by atoms with van der Waals surface area (Å²) in [4.78, 5) is 15.2. The van der Waals surface area contributed by atoms with Crippen molar-refractivity contribution in [1.29, 1.82) is 0 Å². The summed E-state index contributed by atoms with van der Waals surface area (Å²) >= 11 is 0. The highest BCUT2D eigenvalue weighted by atomic mass is 32.2. The molecule has 0 aliphatic rings. The molecule has 72 valence electrons. The minimum absolute atomic E-state index is 0.0874. The summed E-state index contributed by atoms with van der Waals surface area (Å²) in [5, 5.41) is -0.0874. The first-order chi connectivity index (χ1) is 6.59. The molecule has 0 amide bonds. The van der Waals surface area contributed by atoms with Crippen molar-refractivity contribution in [3.63, 3.8) is 0 Å². The van der Waals surface area contributed by atoms with Crippen LogP contribution in [0, 0.1) is 0 Å². The molecule has 2 heterocycles. The standard InChI is InChI=1S/C7H6N4O2S/c1-14(12,13)7-5-6(10-4-11-7)9-3-2-8-5/h2-4H,1H3. The number of sulfone groups is 1. The molecule has 2 aromatic heterocycles. The van der Waals surface area contributed by atoms with E-state index in [9.17, 15) is 8.42 Å². The van der Waals surface area contributed by atoms with E-state index < -0.39 is 9.84 Å². The van der Waals surface area contributed by atoms with E-state index in [4.69, 9.17) is 0 Å². The highest BCUT2D eigenvalue weighted by Crippen LogP contribution is 2.13. The first-order valence-electron chi connectivity index (χ1n) is 3.71. The van der Waals surface area contributed by atoms with E-state index in [-0.39, 0.29) is 16.2 Å². The second kappa shape index (κ2) is 2.95. The van der Waals surface area contributed by atoms with Gasteiger partial charge in [0.05, 0.1) is 0 Å². The van der Waals surface area contributed by atoms with E-state index >= 15 is 0 Å². The van der Waals surface area contributed by atoms with Crippen molar-refractivity contribution in [2.45, 2.75) is 5.03 Å². The largest absolute Gasteiger partial charge is 0.248 e. The minimum Gasteiger partial charge on any atom is -0.248 e. The minimum atomic E-state index is -3.38. The van der Waals surface area contributed by atoms with Crippen molar-refractivity contribution in [3.05, 3.63) is 18.7 Å². The molecule has 0 unspecified atom stereocenters. The van der Waals surface area contributed by atoms with E-state index in [1.807, 2.05) is 0 Å². The van der Waals surface area contributed by atoms with Gasteiger partial charge in [-0.2, -0.15) is 0 Å². The van der Waals surface area contributed by atoms with Crippen LogP contribution in [0.3, 0.4) is 0 Å². The molecule has 2 aromatic rings. The molecule has 0 aliphatic heterocycles. The van der Waals surface area contributed by atoms with Gasteiger partial charge < -0.3 is 0 Å². The Hall–Kier alpha value is -1.63. The average Bonchev–Trinajstić information content (AvgIpc) is 2.15. The smallest absolute Gasteiger partial charge is 0.195 e. The number of fused-ring (bicyclic) bond motifs is 1. The van der Waals surface area contributed by atoms with Crippen molar-refractivity contribution < 1.29 is 8.42 Å². The lowest BCUT2D eigenvalue weighted by molar-refractivity contribution is 0.599. The van der Waals surface area contributed by atoms with Crippen LogP contribution in [0.1, 0.15) is 0 Å². The Morgan fingerprint density at radius 3 is 2.50 bits per heavy atom. The molecule has 14 heavy (non-hydrogen) atoms. The van der Waals surface area contributed by atoms with Gasteiger partial charge in [-0.1, -0.05) is 0 Å². The second-order valence-electron chi connectivity index (χ2n) is 2.68. The quantitative estimate of drug-likeness (QED) is 0.607. The van der Waals surface area contributed by atoms with Gasteiger partial charge in [0.15, 0.2) is 20.5 Å². The van der Waals surface area contributed by atoms with Gasteiger partial charge in [0.1, 0.15) is 11.8 Å². The Morgan fingerprint density at radius 1 is 1.07 bits per heavy atom. The van der Waals surface area contributed by atoms with Crippen molar-refractivity contribution in [2.75, 3.05) is 6.26 Å². The first kappa shape index (κ1) is 8.95. The monoisotopic (exact) mass is 210 g/mol. The molecule has 0 saturated carbocycles. The van der Waals surface area contributed by atoms with Gasteiger partial charge in [-0.15, -0.1) is 0 Å². The van der Waals surface area contributed by atoms with Gasteiger partial charge in [-0.05, 0) is 0 Å². The van der Waals surface area contributed by atoms with Crippen LogP contribution in [0.2, 0.25) is 0 Å². The molecular weight excluding hydrogens is 204 g/mol. The predicted octanol–water partition coefficient (Wildman–Crippen LogP) is -0.177. The zero-order valence-electron chi connectivity index (χ0n) is 7.25. The van der Waals surface area contributed by atoms with E-state index in [1.165, 1.54) is 12.4 Å². The maximum absolute atomic E-state index is 11.3. The summed E-state index contributed by atoms with van der Waals surface area (Å²) in [6.07, 6.45) is 5.08. The summed E-state index contributed by atoms with van der Waals surface area (Å²) < 4.78 is 22.6. The van der Waals surface area contributed by atoms with Crippen LogP contribution in [0.15, 0.2) is 23.7 Å². The van der Waals surface area contributed by atoms with Gasteiger partial charge >= 0.3 is 0 Å². The molecule has 0 fully saturated rings. The fourth-order valence-electron chi connectivity index (χ4n) is 1.04. The van der Waals surface area contributed by atoms with Crippen molar-refractivity contribution in [3.8, 4) is 0 Å². The fourth-order valence-corrected chi connectivity index (χ4v) is 1.78. The topological polar surface area (TPSA) is 85.7 Å². The van der Waals surface area contributed by atoms with Gasteiger partial charge in [-0.25, -0.2) is 28.4 Å². The third-order valence-electron chi connectivity index (χ3n) is 1.59. The number of nitrogens with zero attached hydrogens (tertiary/aromatic N) is 4. The lowest BCUT2D eigenvalue weighted by Gasteiger charge is -1.99. The Morgan fingerprint density at radius 2 is 1.79 bits per heavy atom. The predicted molar refractivity (Wildman–Crippen MR) is 48.2 cm³/mol. The van der Waals surface area contributed by atoms with E-state index in [2.05, 4.69) is 19.9 Å². The molecule has 0 radical (unpaired) electrons. The molecule has 0 N–H and O–H groups in total. The van der Waals surface area contributed by atoms with Crippen LogP contribution >= 0.6 is 0 Å². The highest BCUT2D eigenvalue weighted by Gasteiger charge is 2.15. The molecule has 0 spiro atoms. The molecule has 0 saturated heterocycles. The summed E-state index contributed by atoms with van der Waals surface area (Å²) in [6.45, 7) is 0. The summed E-state index contributed by atoms with van der Waals surface area (Å²) in [7, 11) is -3.38. The Kier molecular flexibility index (Phi) is 1.88. The Bertz CT molecular complexity index is 576. The third kappa shape index (κ3) is 1.41. The molecule has 7 heteroatoms. The van der Waals surface area contributed by atoms with E-state index in [0.29, 0.717) is 0 Å². The van der Waals surface area contributed by atoms with Gasteiger partial charge in [0.25, 0.3) is 0 Å². The zero-order chi connectivity index (χ0) is 10.2. The molecular formula is C7H6N4O2S. The van der Waals surface area contributed by atoms with Crippen LogP contribution in [0.25, 0.3) is 11.2 Å². The Balaban J connectivity index is 2.92. The molecule has 0 atom stereocenters. The molecule has 2 rings (SSSR count). The summed E-state index contributed by atoms with van der Waals surface area (Å²) in [5.74, 6) is 0. The molecule has 0 bridgehead atoms. The van der Waals surface area contributed by atoms with Crippen molar-refractivity contribution in [2.24, 2.45) is 0 Å². The number of aromatic nitrogens is 4. The van der Waals surface area contributed by atoms with Crippen molar-refractivity contribution in [1.82, 2.24) is 19.9 Å². The Labute approximate surface area is 80.0 Å². The van der Waals surface area contributed by atoms with Gasteiger partial charge in [-0.3, -0.25) is 0 Å². The van der Waals surface area contributed by atoms with Crippen molar-refractivity contribution >= 4 is 21.0 Å². The normalized spacial score (nSPS) is 11.8. The SMILES string of the molecule is CS(=O)(=O)c1ncnc2nccnc12. The lowest BCUT2D eigenvalue weighted by Crippen LogP contribution is -2.04. The van der Waals surface area contributed by atoms with Crippen LogP contribution in [0.4, 0.5) is 0 Å². The van der Waals surface area contributed by atoms with Gasteiger partial charge in [0, 0.05) is 18.6 Å². The average molecular weight is 210 g/mol. The number of hydrogen-bond donors (Lipinski definition) is 0. The molecule has 0 aliphatic carbocycles. The van der Waals surface area contributed by atoms with E-state index in [0.717, 1.165) is 12.6 Å². The zero-order valence-corrected chi connectivity index (χ0v) is 8.06. The van der Waals surface area contributed by atoms with E-state index in [1.54, 1.807) is 0 Å². The van der Waals surface area contributed by atoms with Crippen LogP contribution in [0.5, 0.6) is 0 Å². The van der Waals surface area contributed by atoms with Crippen LogP contribution < -0.4 is 0 Å². The number of rotatable bonds is 1. The lowest BCUT2D eigenvalue weighted by atomic mass is 10.5.